The van der Waals surface area contributed by atoms with Crippen LogP contribution in [-0.2, 0) is 6.42 Å². The lowest BCUT2D eigenvalue weighted by Gasteiger charge is -2.07. The van der Waals surface area contributed by atoms with E-state index in [0.29, 0.717) is 24.3 Å². The molecule has 0 aliphatic rings. The number of rotatable bonds is 3. The third-order valence-corrected chi connectivity index (χ3v) is 2.54. The molecule has 1 atom stereocenters. The van der Waals surface area contributed by atoms with Gasteiger partial charge < -0.3 is 5.11 Å². The highest BCUT2D eigenvalue weighted by Crippen LogP contribution is 2.07. The van der Waals surface area contributed by atoms with Crippen molar-refractivity contribution < 1.29 is 5.11 Å². The summed E-state index contributed by atoms with van der Waals surface area (Å²) in [5.41, 5.74) is 0.997. The first-order valence-electron chi connectivity index (χ1n) is 5.23. The quantitative estimate of drug-likeness (QED) is 0.768. The Labute approximate surface area is 92.0 Å². The van der Waals surface area contributed by atoms with Crippen LogP contribution in [0.15, 0.2) is 10.9 Å². The second-order valence-corrected chi connectivity index (χ2v) is 3.78. The lowest BCUT2D eigenvalue weighted by molar-refractivity contribution is 0.169. The van der Waals surface area contributed by atoms with Gasteiger partial charge in [0, 0.05) is 18.2 Å². The summed E-state index contributed by atoms with van der Waals surface area (Å²) >= 11 is 0. The first kappa shape index (κ1) is 10.8. The maximum absolute atomic E-state index is 11.3. The molecule has 0 saturated heterocycles. The molecule has 6 nitrogen and oxygen atoms in total. The minimum atomic E-state index is -0.403. The molecule has 16 heavy (non-hydrogen) atoms. The molecule has 0 amide bonds. The van der Waals surface area contributed by atoms with Crippen LogP contribution in [0, 0.1) is 6.92 Å². The minimum absolute atomic E-state index is 0.289. The third kappa shape index (κ3) is 1.83. The van der Waals surface area contributed by atoms with Gasteiger partial charge in [-0.2, -0.15) is 5.10 Å². The number of H-pyrrole nitrogens is 1. The van der Waals surface area contributed by atoms with Crippen LogP contribution in [0.1, 0.15) is 24.9 Å². The first-order chi connectivity index (χ1) is 7.61. The molecule has 2 heterocycles. The summed E-state index contributed by atoms with van der Waals surface area (Å²) in [4.78, 5) is 15.6. The van der Waals surface area contributed by atoms with Gasteiger partial charge in [-0.1, -0.05) is 6.92 Å². The van der Waals surface area contributed by atoms with E-state index in [1.165, 1.54) is 4.40 Å². The molecule has 1 unspecified atom stereocenters. The second kappa shape index (κ2) is 4.05. The number of aromatic nitrogens is 4. The summed E-state index contributed by atoms with van der Waals surface area (Å²) in [6, 6.07) is 1.71. The number of aliphatic hydroxyl groups excluding tert-OH is 1. The van der Waals surface area contributed by atoms with E-state index in [0.717, 1.165) is 5.69 Å². The molecule has 0 spiro atoms. The van der Waals surface area contributed by atoms with Gasteiger partial charge >= 0.3 is 5.69 Å². The fourth-order valence-corrected chi connectivity index (χ4v) is 1.65. The average Bonchev–Trinajstić information content (AvgIpc) is 2.60. The van der Waals surface area contributed by atoms with Crippen LogP contribution >= 0.6 is 0 Å². The van der Waals surface area contributed by atoms with Crippen molar-refractivity contribution in [3.05, 3.63) is 28.1 Å². The predicted octanol–water partition coefficient (Wildman–Crippen LogP) is 0.0394. The molecule has 0 saturated carbocycles. The van der Waals surface area contributed by atoms with E-state index >= 15 is 0 Å². The van der Waals surface area contributed by atoms with Crippen molar-refractivity contribution in [1.82, 2.24) is 19.6 Å². The van der Waals surface area contributed by atoms with E-state index in [9.17, 15) is 9.90 Å². The van der Waals surface area contributed by atoms with Gasteiger partial charge in [0.05, 0.1) is 6.10 Å². The number of aliphatic hydroxyl groups is 1. The van der Waals surface area contributed by atoms with Crippen LogP contribution in [-0.4, -0.2) is 30.8 Å². The molecule has 0 fully saturated rings. The molecule has 0 aliphatic heterocycles. The van der Waals surface area contributed by atoms with Gasteiger partial charge in [-0.25, -0.2) is 19.3 Å². The summed E-state index contributed by atoms with van der Waals surface area (Å²) in [5, 5.41) is 15.8. The number of aromatic amines is 1. The molecule has 2 N–H and O–H groups in total. The van der Waals surface area contributed by atoms with Crippen LogP contribution < -0.4 is 5.69 Å². The number of hydrogen-bond acceptors (Lipinski definition) is 4. The van der Waals surface area contributed by atoms with E-state index in [-0.39, 0.29) is 5.69 Å². The standard InChI is InChI=1S/C10H14N4O2/c1-3-8(15)4-7-5-9-12-13-10(16)14(9)6(2)11-7/h5,8,15H,3-4H2,1-2H3,(H,13,16). The monoisotopic (exact) mass is 222 g/mol. The van der Waals surface area contributed by atoms with E-state index in [1.54, 1.807) is 13.0 Å². The molecule has 86 valence electrons. The second-order valence-electron chi connectivity index (χ2n) is 3.78. The SMILES string of the molecule is CCC(O)Cc1cc2n[nH]c(=O)n2c(C)n1. The van der Waals surface area contributed by atoms with Crippen molar-refractivity contribution in [2.24, 2.45) is 0 Å². The topological polar surface area (TPSA) is 83.3 Å². The van der Waals surface area contributed by atoms with E-state index in [2.05, 4.69) is 15.2 Å². The number of nitrogens with zero attached hydrogens (tertiary/aromatic N) is 3. The maximum Gasteiger partial charge on any atom is 0.349 e. The molecule has 0 aliphatic carbocycles. The Kier molecular flexibility index (Phi) is 2.74. The van der Waals surface area contributed by atoms with Crippen LogP contribution in [0.4, 0.5) is 0 Å². The summed E-state index contributed by atoms with van der Waals surface area (Å²) in [6.07, 6.45) is 0.758. The average molecular weight is 222 g/mol. The van der Waals surface area contributed by atoms with Crippen LogP contribution in [0.3, 0.4) is 0 Å². The predicted molar refractivity (Wildman–Crippen MR) is 58.3 cm³/mol. The highest BCUT2D eigenvalue weighted by molar-refractivity contribution is 5.38. The van der Waals surface area contributed by atoms with Crippen LogP contribution in [0.5, 0.6) is 0 Å². The van der Waals surface area contributed by atoms with Gasteiger partial charge in [-0.15, -0.1) is 0 Å². The maximum atomic E-state index is 11.3. The summed E-state index contributed by atoms with van der Waals surface area (Å²) in [6.45, 7) is 3.65. The Balaban J connectivity index is 2.46. The zero-order valence-electron chi connectivity index (χ0n) is 9.27. The number of hydrogen-bond donors (Lipinski definition) is 2. The molecule has 0 radical (unpaired) electrons. The van der Waals surface area contributed by atoms with E-state index in [4.69, 9.17) is 0 Å². The Morgan fingerprint density at radius 2 is 2.38 bits per heavy atom. The van der Waals surface area contributed by atoms with Crippen LogP contribution in [0.25, 0.3) is 5.65 Å². The van der Waals surface area contributed by atoms with Gasteiger partial charge in [0.25, 0.3) is 0 Å². The number of fused-ring (bicyclic) bond motifs is 1. The molecule has 0 bridgehead atoms. The highest BCUT2D eigenvalue weighted by atomic mass is 16.3. The Hall–Kier alpha value is -1.69. The largest absolute Gasteiger partial charge is 0.393 e. The van der Waals surface area contributed by atoms with Crippen molar-refractivity contribution in [1.29, 1.82) is 0 Å². The molecule has 2 aromatic rings. The zero-order valence-corrected chi connectivity index (χ0v) is 9.27. The molecule has 2 aromatic heterocycles. The van der Waals surface area contributed by atoms with Crippen molar-refractivity contribution in [3.63, 3.8) is 0 Å². The van der Waals surface area contributed by atoms with Gasteiger partial charge in [0.1, 0.15) is 5.82 Å². The molecule has 2 rings (SSSR count). The third-order valence-electron chi connectivity index (χ3n) is 2.54. The van der Waals surface area contributed by atoms with Crippen molar-refractivity contribution in [2.45, 2.75) is 32.8 Å². The molecular weight excluding hydrogens is 208 g/mol. The summed E-state index contributed by atoms with van der Waals surface area (Å²) in [7, 11) is 0. The fraction of sp³-hybridized carbons (Fsp3) is 0.500. The Morgan fingerprint density at radius 3 is 3.06 bits per heavy atom. The lowest BCUT2D eigenvalue weighted by atomic mass is 10.1. The zero-order chi connectivity index (χ0) is 11.7. The van der Waals surface area contributed by atoms with Crippen molar-refractivity contribution in [2.75, 3.05) is 0 Å². The van der Waals surface area contributed by atoms with Gasteiger partial charge in [-0.3, -0.25) is 0 Å². The number of aryl methyl sites for hydroxylation is 1. The molecular formula is C10H14N4O2. The summed E-state index contributed by atoms with van der Waals surface area (Å²) < 4.78 is 1.40. The van der Waals surface area contributed by atoms with Crippen molar-refractivity contribution in [3.8, 4) is 0 Å². The Bertz CT molecular complexity index is 557. The fourth-order valence-electron chi connectivity index (χ4n) is 1.65. The van der Waals surface area contributed by atoms with Crippen LogP contribution in [0.2, 0.25) is 0 Å². The minimum Gasteiger partial charge on any atom is -0.393 e. The smallest absolute Gasteiger partial charge is 0.349 e. The molecule has 6 heteroatoms. The summed E-state index contributed by atoms with van der Waals surface area (Å²) in [5.74, 6) is 0.578. The molecule has 0 aromatic carbocycles. The van der Waals surface area contributed by atoms with E-state index < -0.39 is 6.10 Å². The van der Waals surface area contributed by atoms with Crippen molar-refractivity contribution >= 4 is 5.65 Å². The van der Waals surface area contributed by atoms with Gasteiger partial charge in [-0.05, 0) is 13.3 Å². The Morgan fingerprint density at radius 1 is 1.62 bits per heavy atom. The van der Waals surface area contributed by atoms with E-state index in [1.807, 2.05) is 6.92 Å². The number of nitrogens with one attached hydrogen (secondary N) is 1. The van der Waals surface area contributed by atoms with Gasteiger partial charge in [0.15, 0.2) is 5.65 Å². The highest BCUT2D eigenvalue weighted by Gasteiger charge is 2.09. The lowest BCUT2D eigenvalue weighted by Crippen LogP contribution is -2.16. The normalized spacial score (nSPS) is 13.2. The first-order valence-corrected chi connectivity index (χ1v) is 5.23. The van der Waals surface area contributed by atoms with Gasteiger partial charge in [0.2, 0.25) is 0 Å².